The van der Waals surface area contributed by atoms with Crippen molar-refractivity contribution in [3.05, 3.63) is 26.6 Å². The van der Waals surface area contributed by atoms with Gasteiger partial charge in [-0.15, -0.1) is 0 Å². The summed E-state index contributed by atoms with van der Waals surface area (Å²) in [6.07, 6.45) is 1.52. The summed E-state index contributed by atoms with van der Waals surface area (Å²) in [5, 5.41) is 3.86. The molecule has 19 heavy (non-hydrogen) atoms. The van der Waals surface area contributed by atoms with Crippen LogP contribution >= 0.6 is 43.8 Å². The Morgan fingerprint density at radius 2 is 2.26 bits per heavy atom. The number of nitrogens with one attached hydrogen (secondary N) is 2. The largest absolute Gasteiger partial charge is 0.495 e. The molecule has 8 heteroatoms. The predicted octanol–water partition coefficient (Wildman–Crippen LogP) is 3.52. The lowest BCUT2D eigenvalue weighted by Crippen LogP contribution is -2.27. The van der Waals surface area contributed by atoms with Crippen LogP contribution in [0.25, 0.3) is 0 Å². The minimum absolute atomic E-state index is 0.365. The highest BCUT2D eigenvalue weighted by Crippen LogP contribution is 2.31. The number of amides is 2. The molecular weight excluding hydrogens is 398 g/mol. The second kappa shape index (κ2) is 8.44. The Labute approximate surface area is 132 Å². The Bertz CT molecular complexity index is 483. The highest BCUT2D eigenvalue weighted by atomic mass is 79.9. The Balaban J connectivity index is 2.73. The second-order valence-electron chi connectivity index (χ2n) is 3.24. The molecule has 0 aromatic heterocycles. The van der Waals surface area contributed by atoms with Crippen LogP contribution in [0.1, 0.15) is 12.5 Å². The van der Waals surface area contributed by atoms with Crippen molar-refractivity contribution in [2.75, 3.05) is 12.9 Å². The minimum Gasteiger partial charge on any atom is -0.495 e. The zero-order valence-corrected chi connectivity index (χ0v) is 14.4. The molecule has 1 aromatic rings. The van der Waals surface area contributed by atoms with Gasteiger partial charge in [0.25, 0.3) is 0 Å². The van der Waals surface area contributed by atoms with Crippen LogP contribution in [0, 0.1) is 0 Å². The average Bonchev–Trinajstić information content (AvgIpc) is 2.36. The molecule has 0 saturated heterocycles. The lowest BCUT2D eigenvalue weighted by molar-refractivity contribution is 0.247. The van der Waals surface area contributed by atoms with Crippen LogP contribution in [0.3, 0.4) is 0 Å². The number of ether oxygens (including phenoxy) is 1. The van der Waals surface area contributed by atoms with Gasteiger partial charge in [-0.25, -0.2) is 10.2 Å². The number of nitrogens with zero attached hydrogens (tertiary/aromatic N) is 1. The standard InChI is InChI=1S/C11H13Br2N3O2S/c1-3-19-16-11(17)15-14-6-7-4-8(12)5-9(13)10(7)18-2/h4-6H,3H2,1-2H3,(H2,15,16,17)/b14-6+. The predicted molar refractivity (Wildman–Crippen MR) is 85.8 cm³/mol. The van der Waals surface area contributed by atoms with E-state index in [0.29, 0.717) is 5.75 Å². The summed E-state index contributed by atoms with van der Waals surface area (Å²) in [4.78, 5) is 11.3. The maximum absolute atomic E-state index is 11.3. The van der Waals surface area contributed by atoms with Crippen LogP contribution in [0.5, 0.6) is 5.75 Å². The third-order valence-corrected chi connectivity index (χ3v) is 3.59. The van der Waals surface area contributed by atoms with Gasteiger partial charge >= 0.3 is 6.03 Å². The normalized spacial score (nSPS) is 10.5. The minimum atomic E-state index is -0.365. The average molecular weight is 411 g/mol. The van der Waals surface area contributed by atoms with Gasteiger partial charge in [0.2, 0.25) is 0 Å². The van der Waals surface area contributed by atoms with Gasteiger partial charge < -0.3 is 4.74 Å². The van der Waals surface area contributed by atoms with Gasteiger partial charge in [0, 0.05) is 15.8 Å². The highest BCUT2D eigenvalue weighted by Gasteiger charge is 2.07. The van der Waals surface area contributed by atoms with Crippen molar-refractivity contribution in [1.29, 1.82) is 0 Å². The smallest absolute Gasteiger partial charge is 0.345 e. The van der Waals surface area contributed by atoms with Crippen molar-refractivity contribution in [2.45, 2.75) is 6.92 Å². The summed E-state index contributed by atoms with van der Waals surface area (Å²) in [6, 6.07) is 3.35. The number of benzene rings is 1. The van der Waals surface area contributed by atoms with Gasteiger partial charge in [0.1, 0.15) is 5.75 Å². The molecule has 0 radical (unpaired) electrons. The van der Waals surface area contributed by atoms with Crippen molar-refractivity contribution >= 4 is 56.1 Å². The molecule has 2 N–H and O–H groups in total. The molecule has 2 amide bonds. The van der Waals surface area contributed by atoms with Crippen LogP contribution in [0.4, 0.5) is 4.79 Å². The van der Waals surface area contributed by atoms with Gasteiger partial charge in [0.05, 0.1) is 17.8 Å². The van der Waals surface area contributed by atoms with E-state index in [0.717, 1.165) is 20.3 Å². The molecule has 5 nitrogen and oxygen atoms in total. The van der Waals surface area contributed by atoms with E-state index in [4.69, 9.17) is 4.74 Å². The monoisotopic (exact) mass is 409 g/mol. The lowest BCUT2D eigenvalue weighted by atomic mass is 10.2. The molecule has 1 aromatic carbocycles. The summed E-state index contributed by atoms with van der Waals surface area (Å²) in [6.45, 7) is 1.94. The second-order valence-corrected chi connectivity index (χ2v) is 6.08. The fourth-order valence-corrected chi connectivity index (χ4v) is 2.95. The van der Waals surface area contributed by atoms with Crippen molar-refractivity contribution in [3.8, 4) is 5.75 Å². The molecular formula is C11H13Br2N3O2S. The van der Waals surface area contributed by atoms with E-state index in [2.05, 4.69) is 47.1 Å². The zero-order valence-electron chi connectivity index (χ0n) is 10.4. The Kier molecular flexibility index (Phi) is 7.25. The quantitative estimate of drug-likeness (QED) is 0.443. The molecule has 0 heterocycles. The molecule has 0 atom stereocenters. The maximum Gasteiger partial charge on any atom is 0.345 e. The molecule has 0 aliphatic heterocycles. The Morgan fingerprint density at radius 1 is 1.53 bits per heavy atom. The first-order valence-electron chi connectivity index (χ1n) is 5.32. The van der Waals surface area contributed by atoms with Crippen LogP contribution < -0.4 is 14.9 Å². The lowest BCUT2D eigenvalue weighted by Gasteiger charge is -2.07. The number of carbonyl (C=O) groups is 1. The zero-order chi connectivity index (χ0) is 14.3. The number of hydrazone groups is 1. The molecule has 0 saturated carbocycles. The fourth-order valence-electron chi connectivity index (χ4n) is 1.21. The van der Waals surface area contributed by atoms with Gasteiger partial charge in [-0.1, -0.05) is 22.9 Å². The van der Waals surface area contributed by atoms with E-state index >= 15 is 0 Å². The molecule has 0 fully saturated rings. The van der Waals surface area contributed by atoms with Gasteiger partial charge in [-0.2, -0.15) is 5.10 Å². The number of carbonyl (C=O) groups excluding carboxylic acids is 1. The highest BCUT2D eigenvalue weighted by molar-refractivity contribution is 9.11. The number of urea groups is 1. The summed E-state index contributed by atoms with van der Waals surface area (Å²) < 4.78 is 9.52. The maximum atomic E-state index is 11.3. The van der Waals surface area contributed by atoms with Crippen molar-refractivity contribution < 1.29 is 9.53 Å². The van der Waals surface area contributed by atoms with E-state index in [9.17, 15) is 4.79 Å². The van der Waals surface area contributed by atoms with Gasteiger partial charge in [0.15, 0.2) is 0 Å². The van der Waals surface area contributed by atoms with E-state index in [1.165, 1.54) is 18.2 Å². The van der Waals surface area contributed by atoms with Crippen molar-refractivity contribution in [3.63, 3.8) is 0 Å². The molecule has 1 rings (SSSR count). The molecule has 0 unspecified atom stereocenters. The van der Waals surface area contributed by atoms with Crippen LogP contribution in [0.2, 0.25) is 0 Å². The van der Waals surface area contributed by atoms with Gasteiger partial charge in [-0.3, -0.25) is 4.72 Å². The topological polar surface area (TPSA) is 62.7 Å². The third kappa shape index (κ3) is 5.42. The van der Waals surface area contributed by atoms with Crippen LogP contribution in [-0.2, 0) is 0 Å². The Morgan fingerprint density at radius 3 is 2.89 bits per heavy atom. The number of halogens is 2. The molecule has 0 bridgehead atoms. The Hall–Kier alpha value is -0.730. The van der Waals surface area contributed by atoms with Crippen LogP contribution in [0.15, 0.2) is 26.2 Å². The van der Waals surface area contributed by atoms with Crippen molar-refractivity contribution in [1.82, 2.24) is 10.1 Å². The number of rotatable bonds is 5. The van der Waals surface area contributed by atoms with Gasteiger partial charge in [-0.05, 0) is 40.0 Å². The summed E-state index contributed by atoms with van der Waals surface area (Å²) >= 11 is 8.07. The first-order valence-corrected chi connectivity index (χ1v) is 7.89. The molecule has 0 aliphatic carbocycles. The SMILES string of the molecule is CCSNC(=O)N/N=C/c1cc(Br)cc(Br)c1OC. The first kappa shape index (κ1) is 16.3. The first-order chi connectivity index (χ1) is 9.08. The summed E-state index contributed by atoms with van der Waals surface area (Å²) in [5.74, 6) is 1.45. The van der Waals surface area contributed by atoms with E-state index in [-0.39, 0.29) is 6.03 Å². The molecule has 0 aliphatic rings. The van der Waals surface area contributed by atoms with E-state index < -0.39 is 0 Å². The fraction of sp³-hybridized carbons (Fsp3) is 0.273. The molecule has 0 spiro atoms. The van der Waals surface area contributed by atoms with Crippen LogP contribution in [-0.4, -0.2) is 25.1 Å². The molecule has 104 valence electrons. The van der Waals surface area contributed by atoms with Crippen molar-refractivity contribution in [2.24, 2.45) is 5.10 Å². The number of methoxy groups -OCH3 is 1. The van der Waals surface area contributed by atoms with E-state index in [1.807, 2.05) is 19.1 Å². The summed E-state index contributed by atoms with van der Waals surface area (Å²) in [7, 11) is 1.57. The number of hydrogen-bond acceptors (Lipinski definition) is 4. The third-order valence-electron chi connectivity index (χ3n) is 1.92. The number of hydrogen-bond donors (Lipinski definition) is 2. The van der Waals surface area contributed by atoms with E-state index in [1.54, 1.807) is 7.11 Å². The summed E-state index contributed by atoms with van der Waals surface area (Å²) in [5.41, 5.74) is 3.11.